The van der Waals surface area contributed by atoms with Gasteiger partial charge in [-0.05, 0) is 67.6 Å². The number of H-pyrrole nitrogens is 1. The van der Waals surface area contributed by atoms with Gasteiger partial charge in [0.15, 0.2) is 17.5 Å². The van der Waals surface area contributed by atoms with Crippen LogP contribution in [-0.2, 0) is 16.6 Å². The van der Waals surface area contributed by atoms with Crippen molar-refractivity contribution in [1.82, 2.24) is 20.2 Å². The summed E-state index contributed by atoms with van der Waals surface area (Å²) < 4.78 is 16.9. The number of fused-ring (bicyclic) bond motifs is 3. The fraction of sp³-hybridized carbons (Fsp3) is 0.419. The van der Waals surface area contributed by atoms with Crippen LogP contribution in [0.4, 0.5) is 23.1 Å². The van der Waals surface area contributed by atoms with Gasteiger partial charge in [-0.2, -0.15) is 5.10 Å². The van der Waals surface area contributed by atoms with E-state index in [4.69, 9.17) is 29.2 Å². The first kappa shape index (κ1) is 26.7. The molecule has 1 saturated carbocycles. The van der Waals surface area contributed by atoms with Crippen LogP contribution in [0.5, 0.6) is 11.5 Å². The number of hydrogen-bond donors (Lipinski definition) is 3. The van der Waals surface area contributed by atoms with Gasteiger partial charge >= 0.3 is 0 Å². The number of aromatic nitrogens is 4. The Hall–Kier alpha value is -4.22. The van der Waals surface area contributed by atoms with Crippen LogP contribution in [0.1, 0.15) is 43.1 Å². The third kappa shape index (κ3) is 4.62. The first-order valence-electron chi connectivity index (χ1n) is 14.3. The molecule has 2 fully saturated rings. The van der Waals surface area contributed by atoms with E-state index in [0.29, 0.717) is 61.2 Å². The first-order chi connectivity index (χ1) is 20.3. The second kappa shape index (κ2) is 9.95. The molecule has 218 valence electrons. The zero-order valence-corrected chi connectivity index (χ0v) is 24.3. The lowest BCUT2D eigenvalue weighted by Crippen LogP contribution is -2.37. The molecule has 0 unspecified atom stereocenters. The predicted octanol–water partition coefficient (Wildman–Crippen LogP) is 4.40. The van der Waals surface area contributed by atoms with Crippen LogP contribution < -0.4 is 19.7 Å². The number of rotatable bonds is 8. The van der Waals surface area contributed by atoms with Gasteiger partial charge in [0.05, 0.1) is 44.2 Å². The number of nitrogens with zero attached hydrogens (tertiary/aromatic N) is 5. The number of anilines is 3. The maximum Gasteiger partial charge on any atom is 0.204 e. The van der Waals surface area contributed by atoms with Crippen LogP contribution in [0, 0.1) is 0 Å². The minimum Gasteiger partial charge on any atom is -0.497 e. The van der Waals surface area contributed by atoms with Crippen LogP contribution in [0.3, 0.4) is 0 Å². The molecule has 0 radical (unpaired) electrons. The molecule has 11 heteroatoms. The van der Waals surface area contributed by atoms with E-state index in [2.05, 4.69) is 50.9 Å². The molecule has 7 rings (SSSR count). The standard InChI is InChI=1S/C31H35N7O4/c1-30(2,39)16-25-33-28(26(41-4)29(34-25)38-9-11-42-12-10-38)35-27-20-7-5-18(13-24(20)36-37-27)22-15-31(22)17-32-23-8-6-19(40-3)14-21(23)31/h5-8,13-14,17,22,39H,9-12,15-16H2,1-4H3,(H2,33,34,35,36,37)/t22-,31-/m0/s1. The molecule has 0 bridgehead atoms. The summed E-state index contributed by atoms with van der Waals surface area (Å²) in [4.78, 5) is 16.4. The number of hydrogen-bond acceptors (Lipinski definition) is 10. The Labute approximate surface area is 243 Å². The van der Waals surface area contributed by atoms with Gasteiger partial charge in [0.1, 0.15) is 11.6 Å². The van der Waals surface area contributed by atoms with Gasteiger partial charge in [-0.1, -0.05) is 6.07 Å². The highest BCUT2D eigenvalue weighted by molar-refractivity contribution is 5.94. The zero-order chi connectivity index (χ0) is 29.1. The third-order valence-corrected chi connectivity index (χ3v) is 8.37. The largest absolute Gasteiger partial charge is 0.497 e. The van der Waals surface area contributed by atoms with Crippen molar-refractivity contribution >= 4 is 40.3 Å². The maximum absolute atomic E-state index is 10.5. The molecule has 2 atom stereocenters. The second-order valence-electron chi connectivity index (χ2n) is 11.9. The molecule has 3 N–H and O–H groups in total. The topological polar surface area (TPSA) is 130 Å². The summed E-state index contributed by atoms with van der Waals surface area (Å²) in [7, 11) is 3.31. The van der Waals surface area contributed by atoms with E-state index in [9.17, 15) is 5.11 Å². The number of benzene rings is 2. The van der Waals surface area contributed by atoms with Crippen LogP contribution in [0.15, 0.2) is 41.4 Å². The highest BCUT2D eigenvalue weighted by atomic mass is 16.5. The summed E-state index contributed by atoms with van der Waals surface area (Å²) in [5.74, 6) is 4.04. The fourth-order valence-electron chi connectivity index (χ4n) is 6.19. The molecule has 1 saturated heterocycles. The minimum atomic E-state index is -0.973. The molecule has 1 spiro atoms. The normalized spacial score (nSPS) is 21.2. The monoisotopic (exact) mass is 569 g/mol. The number of aromatic amines is 1. The number of methoxy groups -OCH3 is 2. The molecular formula is C31H35N7O4. The molecule has 4 aromatic rings. The average Bonchev–Trinajstić information content (AvgIpc) is 3.42. The van der Waals surface area contributed by atoms with E-state index in [1.807, 2.05) is 12.1 Å². The molecular weight excluding hydrogens is 534 g/mol. The van der Waals surface area contributed by atoms with Gasteiger partial charge < -0.3 is 29.5 Å². The Kier molecular flexibility index (Phi) is 6.32. The van der Waals surface area contributed by atoms with E-state index in [1.54, 1.807) is 28.1 Å². The van der Waals surface area contributed by atoms with Crippen molar-refractivity contribution in [3.8, 4) is 11.5 Å². The number of ether oxygens (including phenoxy) is 3. The summed E-state index contributed by atoms with van der Waals surface area (Å²) in [6.07, 6.45) is 3.40. The smallest absolute Gasteiger partial charge is 0.204 e. The molecule has 2 aromatic heterocycles. The minimum absolute atomic E-state index is 0.0836. The van der Waals surface area contributed by atoms with E-state index < -0.39 is 5.60 Å². The van der Waals surface area contributed by atoms with Gasteiger partial charge in [-0.25, -0.2) is 9.97 Å². The number of aliphatic hydroxyl groups is 1. The van der Waals surface area contributed by atoms with Crippen LogP contribution >= 0.6 is 0 Å². The lowest BCUT2D eigenvalue weighted by atomic mass is 9.92. The number of nitrogens with one attached hydrogen (secondary N) is 2. The Morgan fingerprint density at radius 3 is 2.69 bits per heavy atom. The highest BCUT2D eigenvalue weighted by Crippen LogP contribution is 2.64. The van der Waals surface area contributed by atoms with E-state index >= 15 is 0 Å². The van der Waals surface area contributed by atoms with Gasteiger partial charge in [0.2, 0.25) is 5.75 Å². The van der Waals surface area contributed by atoms with Crippen molar-refractivity contribution in [3.63, 3.8) is 0 Å². The van der Waals surface area contributed by atoms with Gasteiger partial charge in [0.25, 0.3) is 0 Å². The first-order valence-corrected chi connectivity index (χ1v) is 14.3. The van der Waals surface area contributed by atoms with Crippen molar-refractivity contribution in [2.75, 3.05) is 50.7 Å². The molecule has 4 heterocycles. The molecule has 3 aliphatic rings. The average molecular weight is 570 g/mol. The lowest BCUT2D eigenvalue weighted by Gasteiger charge is -2.30. The molecule has 11 nitrogen and oxygen atoms in total. The quantitative estimate of drug-likeness (QED) is 0.283. The fourth-order valence-corrected chi connectivity index (χ4v) is 6.19. The highest BCUT2D eigenvalue weighted by Gasteiger charge is 2.58. The van der Waals surface area contributed by atoms with Crippen molar-refractivity contribution in [1.29, 1.82) is 0 Å². The summed E-state index contributed by atoms with van der Waals surface area (Å²) in [5.41, 5.74) is 3.36. The van der Waals surface area contributed by atoms with Crippen molar-refractivity contribution in [2.45, 2.75) is 43.6 Å². The Morgan fingerprint density at radius 1 is 1.10 bits per heavy atom. The third-order valence-electron chi connectivity index (χ3n) is 8.37. The molecule has 0 amide bonds. The second-order valence-corrected chi connectivity index (χ2v) is 11.9. The SMILES string of the molecule is COc1ccc2c(c1)[C@@]1(C=N2)C[C@H]1c1ccc2c(Nc3nc(CC(C)(C)O)nc(N4CCOCC4)c3OC)n[nH]c2c1. The van der Waals surface area contributed by atoms with Crippen molar-refractivity contribution in [2.24, 2.45) is 4.99 Å². The molecule has 2 aromatic carbocycles. The van der Waals surface area contributed by atoms with E-state index in [0.717, 1.165) is 28.8 Å². The van der Waals surface area contributed by atoms with Crippen molar-refractivity contribution in [3.05, 3.63) is 53.3 Å². The summed E-state index contributed by atoms with van der Waals surface area (Å²) in [6.45, 7) is 6.09. The van der Waals surface area contributed by atoms with Gasteiger partial charge in [-0.15, -0.1) is 0 Å². The maximum atomic E-state index is 10.5. The van der Waals surface area contributed by atoms with Gasteiger partial charge in [0, 0.05) is 36.5 Å². The van der Waals surface area contributed by atoms with Crippen LogP contribution in [0.25, 0.3) is 10.9 Å². The number of aliphatic imine (C=N–C) groups is 1. The molecule has 1 aliphatic carbocycles. The van der Waals surface area contributed by atoms with Crippen LogP contribution in [-0.4, -0.2) is 77.6 Å². The van der Waals surface area contributed by atoms with Crippen LogP contribution in [0.2, 0.25) is 0 Å². The van der Waals surface area contributed by atoms with Gasteiger partial charge in [-0.3, -0.25) is 10.1 Å². The zero-order valence-electron chi connectivity index (χ0n) is 24.3. The molecule has 42 heavy (non-hydrogen) atoms. The summed E-state index contributed by atoms with van der Waals surface area (Å²) in [6, 6.07) is 12.5. The predicted molar refractivity (Wildman–Crippen MR) is 161 cm³/mol. The Bertz CT molecular complexity index is 1690. The Balaban J connectivity index is 1.20. The Morgan fingerprint density at radius 2 is 1.93 bits per heavy atom. The summed E-state index contributed by atoms with van der Waals surface area (Å²) in [5, 5.41) is 22.7. The lowest BCUT2D eigenvalue weighted by molar-refractivity contribution is 0.0787. The van der Waals surface area contributed by atoms with E-state index in [1.165, 1.54) is 11.1 Å². The molecule has 2 aliphatic heterocycles. The summed E-state index contributed by atoms with van der Waals surface area (Å²) >= 11 is 0. The number of morpholine rings is 1. The van der Waals surface area contributed by atoms with Crippen molar-refractivity contribution < 1.29 is 19.3 Å². The van der Waals surface area contributed by atoms with E-state index in [-0.39, 0.29) is 11.8 Å².